The molecule has 4 heteroatoms. The minimum atomic E-state index is -0.0115. The molecule has 0 bridgehead atoms. The molecule has 3 rings (SSSR count). The average molecular weight is 268 g/mol. The molecule has 0 aliphatic heterocycles. The molecule has 0 fully saturated rings. The largest absolute Gasteiger partial charge is 0.456 e. The summed E-state index contributed by atoms with van der Waals surface area (Å²) >= 11 is 0. The Kier molecular flexibility index (Phi) is 3.39. The van der Waals surface area contributed by atoms with Crippen molar-refractivity contribution >= 4 is 33.5 Å². The fourth-order valence-electron chi connectivity index (χ4n) is 2.29. The van der Waals surface area contributed by atoms with Crippen LogP contribution in [0.3, 0.4) is 0 Å². The molecule has 102 valence electrons. The molecule has 3 N–H and O–H groups in total. The second kappa shape index (κ2) is 5.35. The van der Waals surface area contributed by atoms with Gasteiger partial charge in [0.1, 0.15) is 11.2 Å². The second-order valence-corrected chi connectivity index (χ2v) is 4.75. The molecule has 0 aliphatic carbocycles. The lowest BCUT2D eigenvalue weighted by atomic mass is 10.1. The highest BCUT2D eigenvalue weighted by molar-refractivity contribution is 6.06. The van der Waals surface area contributed by atoms with Crippen LogP contribution >= 0.6 is 0 Å². The normalized spacial score (nSPS) is 11.1. The highest BCUT2D eigenvalue weighted by atomic mass is 16.3. The first kappa shape index (κ1) is 12.7. The minimum absolute atomic E-state index is 0.0115. The Morgan fingerprint density at radius 3 is 2.75 bits per heavy atom. The number of fused-ring (bicyclic) bond motifs is 3. The second-order valence-electron chi connectivity index (χ2n) is 4.75. The Morgan fingerprint density at radius 1 is 1.10 bits per heavy atom. The van der Waals surface area contributed by atoms with Crippen LogP contribution in [-0.2, 0) is 4.79 Å². The molecule has 1 heterocycles. The Bertz CT molecular complexity index is 761. The van der Waals surface area contributed by atoms with Gasteiger partial charge in [-0.05, 0) is 37.2 Å². The van der Waals surface area contributed by atoms with Gasteiger partial charge < -0.3 is 15.5 Å². The van der Waals surface area contributed by atoms with E-state index in [4.69, 9.17) is 10.2 Å². The molecule has 0 unspecified atom stereocenters. The van der Waals surface area contributed by atoms with Gasteiger partial charge in [0.15, 0.2) is 0 Å². The van der Waals surface area contributed by atoms with E-state index in [1.807, 2.05) is 42.5 Å². The van der Waals surface area contributed by atoms with E-state index in [0.717, 1.165) is 27.6 Å². The quantitative estimate of drug-likeness (QED) is 0.763. The lowest BCUT2D eigenvalue weighted by molar-refractivity contribution is -0.116. The van der Waals surface area contributed by atoms with E-state index >= 15 is 0 Å². The fourth-order valence-corrected chi connectivity index (χ4v) is 2.29. The maximum absolute atomic E-state index is 11.7. The number of amides is 1. The Morgan fingerprint density at radius 2 is 1.90 bits per heavy atom. The first-order valence-electron chi connectivity index (χ1n) is 6.69. The summed E-state index contributed by atoms with van der Waals surface area (Å²) in [6, 6.07) is 13.6. The van der Waals surface area contributed by atoms with Crippen LogP contribution in [0.1, 0.15) is 12.8 Å². The Labute approximate surface area is 116 Å². The monoisotopic (exact) mass is 268 g/mol. The molecule has 1 amide bonds. The third kappa shape index (κ3) is 2.38. The number of furan rings is 1. The highest BCUT2D eigenvalue weighted by Gasteiger charge is 2.08. The molecule has 0 atom stereocenters. The number of anilines is 1. The molecule has 3 aromatic rings. The number of rotatable bonds is 4. The molecule has 0 spiro atoms. The van der Waals surface area contributed by atoms with Gasteiger partial charge in [0.05, 0.1) is 0 Å². The number of hydrogen-bond acceptors (Lipinski definition) is 3. The first-order valence-corrected chi connectivity index (χ1v) is 6.69. The summed E-state index contributed by atoms with van der Waals surface area (Å²) in [7, 11) is 0. The number of nitrogens with one attached hydrogen (secondary N) is 1. The van der Waals surface area contributed by atoms with Gasteiger partial charge in [0.2, 0.25) is 5.91 Å². The zero-order valence-corrected chi connectivity index (χ0v) is 11.1. The van der Waals surface area contributed by atoms with Crippen LogP contribution in [0.5, 0.6) is 0 Å². The van der Waals surface area contributed by atoms with Crippen LogP contribution in [-0.4, -0.2) is 12.5 Å². The number of carbonyl (C=O) groups excluding carboxylic acids is 1. The first-order chi connectivity index (χ1) is 9.78. The van der Waals surface area contributed by atoms with Gasteiger partial charge in [0.25, 0.3) is 0 Å². The van der Waals surface area contributed by atoms with Crippen LogP contribution in [0.15, 0.2) is 46.9 Å². The van der Waals surface area contributed by atoms with E-state index in [9.17, 15) is 4.79 Å². The van der Waals surface area contributed by atoms with E-state index in [2.05, 4.69) is 5.32 Å². The number of para-hydroxylation sites is 1. The zero-order chi connectivity index (χ0) is 13.9. The Balaban J connectivity index is 1.93. The topological polar surface area (TPSA) is 68.3 Å². The van der Waals surface area contributed by atoms with Crippen LogP contribution in [0.2, 0.25) is 0 Å². The van der Waals surface area contributed by atoms with Gasteiger partial charge in [-0.15, -0.1) is 0 Å². The van der Waals surface area contributed by atoms with Gasteiger partial charge >= 0.3 is 0 Å². The molecular weight excluding hydrogens is 252 g/mol. The maximum atomic E-state index is 11.7. The summed E-state index contributed by atoms with van der Waals surface area (Å²) in [6.07, 6.45) is 1.14. The SMILES string of the molecule is NCCCC(=O)Nc1ccc2oc3ccccc3c2c1. The van der Waals surface area contributed by atoms with Crippen LogP contribution in [0.25, 0.3) is 21.9 Å². The molecule has 20 heavy (non-hydrogen) atoms. The molecule has 4 nitrogen and oxygen atoms in total. The van der Waals surface area contributed by atoms with Gasteiger partial charge in [-0.2, -0.15) is 0 Å². The van der Waals surface area contributed by atoms with Crippen LogP contribution in [0.4, 0.5) is 5.69 Å². The zero-order valence-electron chi connectivity index (χ0n) is 11.1. The summed E-state index contributed by atoms with van der Waals surface area (Å²) < 4.78 is 5.75. The van der Waals surface area contributed by atoms with Gasteiger partial charge in [0, 0.05) is 22.9 Å². The molecular formula is C16H16N2O2. The predicted octanol–water partition coefficient (Wildman–Crippen LogP) is 3.26. The predicted molar refractivity (Wildman–Crippen MR) is 80.6 cm³/mol. The summed E-state index contributed by atoms with van der Waals surface area (Å²) in [5, 5.41) is 4.95. The van der Waals surface area contributed by atoms with Crippen molar-refractivity contribution in [1.29, 1.82) is 0 Å². The van der Waals surface area contributed by atoms with Gasteiger partial charge in [-0.25, -0.2) is 0 Å². The van der Waals surface area contributed by atoms with Gasteiger partial charge in [-0.1, -0.05) is 18.2 Å². The van der Waals surface area contributed by atoms with Crippen molar-refractivity contribution in [3.05, 3.63) is 42.5 Å². The summed E-state index contributed by atoms with van der Waals surface area (Å²) in [6.45, 7) is 0.527. The van der Waals surface area contributed by atoms with Gasteiger partial charge in [-0.3, -0.25) is 4.79 Å². The fraction of sp³-hybridized carbons (Fsp3) is 0.188. The van der Waals surface area contributed by atoms with Crippen molar-refractivity contribution in [3.8, 4) is 0 Å². The molecule has 0 aliphatic rings. The van der Waals surface area contributed by atoms with E-state index < -0.39 is 0 Å². The average Bonchev–Trinajstić information content (AvgIpc) is 2.83. The third-order valence-corrected chi connectivity index (χ3v) is 3.27. The van der Waals surface area contributed by atoms with E-state index in [-0.39, 0.29) is 5.91 Å². The smallest absolute Gasteiger partial charge is 0.224 e. The van der Waals surface area contributed by atoms with Crippen molar-refractivity contribution in [1.82, 2.24) is 0 Å². The number of nitrogens with two attached hydrogens (primary N) is 1. The number of hydrogen-bond donors (Lipinski definition) is 2. The van der Waals surface area contributed by atoms with Crippen molar-refractivity contribution in [3.63, 3.8) is 0 Å². The lowest BCUT2D eigenvalue weighted by Crippen LogP contribution is -2.13. The van der Waals surface area contributed by atoms with Crippen LogP contribution < -0.4 is 11.1 Å². The molecule has 0 radical (unpaired) electrons. The van der Waals surface area contributed by atoms with Crippen molar-refractivity contribution < 1.29 is 9.21 Å². The Hall–Kier alpha value is -2.33. The summed E-state index contributed by atoms with van der Waals surface area (Å²) in [4.78, 5) is 11.7. The molecule has 0 saturated heterocycles. The summed E-state index contributed by atoms with van der Waals surface area (Å²) in [5.41, 5.74) is 7.86. The van der Waals surface area contributed by atoms with Crippen molar-refractivity contribution in [2.24, 2.45) is 5.73 Å². The number of benzene rings is 2. The van der Waals surface area contributed by atoms with E-state index in [1.54, 1.807) is 0 Å². The molecule has 0 saturated carbocycles. The molecule has 2 aromatic carbocycles. The number of carbonyl (C=O) groups is 1. The van der Waals surface area contributed by atoms with Crippen molar-refractivity contribution in [2.45, 2.75) is 12.8 Å². The highest BCUT2D eigenvalue weighted by Crippen LogP contribution is 2.30. The van der Waals surface area contributed by atoms with Crippen molar-refractivity contribution in [2.75, 3.05) is 11.9 Å². The maximum Gasteiger partial charge on any atom is 0.224 e. The van der Waals surface area contributed by atoms with Crippen LogP contribution in [0, 0.1) is 0 Å². The lowest BCUT2D eigenvalue weighted by Gasteiger charge is -2.04. The third-order valence-electron chi connectivity index (χ3n) is 3.27. The van der Waals surface area contributed by atoms with E-state index in [0.29, 0.717) is 19.4 Å². The molecule has 1 aromatic heterocycles. The van der Waals surface area contributed by atoms with E-state index in [1.165, 1.54) is 0 Å². The summed E-state index contributed by atoms with van der Waals surface area (Å²) in [5.74, 6) is -0.0115. The standard InChI is InChI=1S/C16H16N2O2/c17-9-3-6-16(19)18-11-7-8-15-13(10-11)12-4-1-2-5-14(12)20-15/h1-2,4-5,7-8,10H,3,6,9,17H2,(H,18,19). The minimum Gasteiger partial charge on any atom is -0.456 e.